The van der Waals surface area contributed by atoms with E-state index in [1.54, 1.807) is 36.5 Å². The number of nitrogens with one attached hydrogen (secondary N) is 1. The van der Waals surface area contributed by atoms with Crippen LogP contribution in [0, 0.1) is 0 Å². The summed E-state index contributed by atoms with van der Waals surface area (Å²) in [4.78, 5) is 50.7. The van der Waals surface area contributed by atoms with Crippen LogP contribution in [-0.2, 0) is 26.6 Å². The largest absolute Gasteiger partial charge is 1.00 e. The lowest BCUT2D eigenvalue weighted by Gasteiger charge is -2.43. The predicted molar refractivity (Wildman–Crippen MR) is 122 cm³/mol. The molecule has 188 valence electrons. The van der Waals surface area contributed by atoms with Crippen molar-refractivity contribution >= 4 is 35.4 Å². The van der Waals surface area contributed by atoms with Gasteiger partial charge in [0, 0.05) is 30.1 Å². The Morgan fingerprint density at radius 3 is 2.60 bits per heavy atom. The van der Waals surface area contributed by atoms with Crippen LogP contribution in [0.5, 0.6) is 0 Å². The van der Waals surface area contributed by atoms with Crippen LogP contribution in [0.3, 0.4) is 0 Å². The Morgan fingerprint density at radius 2 is 1.94 bits per heavy atom. The summed E-state index contributed by atoms with van der Waals surface area (Å²) in [6.07, 6.45) is 4.61. The van der Waals surface area contributed by atoms with E-state index >= 15 is 0 Å². The number of nitrogens with zero attached hydrogens (tertiary/aromatic N) is 2. The molecule has 2 atom stereocenters. The van der Waals surface area contributed by atoms with Crippen LogP contribution in [0.15, 0.2) is 48.8 Å². The van der Waals surface area contributed by atoms with Crippen LogP contribution in [0.1, 0.15) is 48.5 Å². The first-order valence-electron chi connectivity index (χ1n) is 10.9. The van der Waals surface area contributed by atoms with Crippen molar-refractivity contribution < 1.29 is 46.0 Å². The Labute approximate surface area is 214 Å². The number of ether oxygens (including phenoxy) is 1. The summed E-state index contributed by atoms with van der Waals surface area (Å²) >= 11 is 6.43. The summed E-state index contributed by atoms with van der Waals surface area (Å²) in [6.45, 7) is 1.14. The van der Waals surface area contributed by atoms with Crippen LogP contribution in [-0.4, -0.2) is 46.8 Å². The molecule has 1 aliphatic carbocycles. The molecule has 1 unspecified atom stereocenters. The molecule has 1 aromatic carbocycles. The SMILES string of the molecule is C[C@H](NC(=O)c1ccc[n+](COC(=O)N(C)C2(c3ccccc3Cl)CCCCC2=O)c1)C(=O)O.[Cl-]. The van der Waals surface area contributed by atoms with Gasteiger partial charge in [0.05, 0.1) is 0 Å². The van der Waals surface area contributed by atoms with Crippen LogP contribution in [0.2, 0.25) is 5.02 Å². The van der Waals surface area contributed by atoms with Gasteiger partial charge in [0.2, 0.25) is 0 Å². The number of halogens is 2. The molecule has 1 saturated carbocycles. The summed E-state index contributed by atoms with van der Waals surface area (Å²) < 4.78 is 6.93. The molecule has 11 heteroatoms. The highest BCUT2D eigenvalue weighted by atomic mass is 35.5. The number of carboxylic acid groups (broad SMARTS) is 1. The summed E-state index contributed by atoms with van der Waals surface area (Å²) in [6, 6.07) is 9.03. The van der Waals surface area contributed by atoms with E-state index in [4.69, 9.17) is 21.4 Å². The average Bonchev–Trinajstić information content (AvgIpc) is 2.83. The van der Waals surface area contributed by atoms with Gasteiger partial charge in [-0.3, -0.25) is 19.3 Å². The van der Waals surface area contributed by atoms with Crippen molar-refractivity contribution in [3.8, 4) is 0 Å². The van der Waals surface area contributed by atoms with E-state index in [0.29, 0.717) is 23.4 Å². The highest BCUT2D eigenvalue weighted by Gasteiger charge is 2.48. The van der Waals surface area contributed by atoms with Crippen molar-refractivity contribution in [3.05, 3.63) is 64.9 Å². The molecule has 3 rings (SSSR count). The second kappa shape index (κ2) is 12.0. The molecule has 9 nitrogen and oxygen atoms in total. The number of carboxylic acids is 1. The molecule has 0 spiro atoms. The number of rotatable bonds is 7. The number of pyridine rings is 1. The first-order valence-corrected chi connectivity index (χ1v) is 11.3. The fraction of sp³-hybridized carbons (Fsp3) is 0.375. The smallest absolute Gasteiger partial charge is 0.415 e. The number of Topliss-reactive ketones (excluding diaryl/α,β-unsaturated/α-hetero) is 1. The fourth-order valence-electron chi connectivity index (χ4n) is 4.09. The maximum absolute atomic E-state index is 13.1. The second-order valence-electron chi connectivity index (χ2n) is 8.21. The average molecular weight is 524 g/mol. The molecule has 0 radical (unpaired) electrons. The van der Waals surface area contributed by atoms with Gasteiger partial charge < -0.3 is 27.6 Å². The molecule has 0 bridgehead atoms. The summed E-state index contributed by atoms with van der Waals surface area (Å²) in [5, 5.41) is 11.7. The van der Waals surface area contributed by atoms with Gasteiger partial charge >= 0.3 is 12.1 Å². The normalized spacial score (nSPS) is 18.1. The monoisotopic (exact) mass is 523 g/mol. The summed E-state index contributed by atoms with van der Waals surface area (Å²) in [7, 11) is 1.52. The lowest BCUT2D eigenvalue weighted by atomic mass is 9.74. The number of aliphatic carboxylic acids is 1. The van der Waals surface area contributed by atoms with Gasteiger partial charge in [-0.2, -0.15) is 4.57 Å². The van der Waals surface area contributed by atoms with E-state index in [1.165, 1.54) is 35.7 Å². The Hall–Kier alpha value is -3.17. The van der Waals surface area contributed by atoms with Gasteiger partial charge in [0.15, 0.2) is 18.2 Å². The third-order valence-electron chi connectivity index (χ3n) is 6.00. The number of hydrogen-bond acceptors (Lipinski definition) is 5. The molecule has 1 fully saturated rings. The van der Waals surface area contributed by atoms with Crippen LogP contribution < -0.4 is 22.3 Å². The van der Waals surface area contributed by atoms with Crippen LogP contribution in [0.25, 0.3) is 0 Å². The third-order valence-corrected chi connectivity index (χ3v) is 6.32. The zero-order valence-corrected chi connectivity index (χ0v) is 20.9. The fourth-order valence-corrected chi connectivity index (χ4v) is 4.38. The number of ketones is 1. The van der Waals surface area contributed by atoms with Gasteiger partial charge in [-0.15, -0.1) is 0 Å². The lowest BCUT2D eigenvalue weighted by molar-refractivity contribution is -0.727. The molecule has 1 aliphatic rings. The van der Waals surface area contributed by atoms with E-state index < -0.39 is 29.6 Å². The maximum Gasteiger partial charge on any atom is 0.415 e. The summed E-state index contributed by atoms with van der Waals surface area (Å²) in [5.74, 6) is -1.82. The number of amides is 2. The predicted octanol–water partition coefficient (Wildman–Crippen LogP) is -0.101. The molecular weight excluding hydrogens is 497 g/mol. The molecule has 2 aromatic rings. The first kappa shape index (κ1) is 28.1. The Morgan fingerprint density at radius 1 is 1.23 bits per heavy atom. The van der Waals surface area contributed by atoms with E-state index in [1.807, 2.05) is 0 Å². The molecule has 35 heavy (non-hydrogen) atoms. The van der Waals surface area contributed by atoms with Crippen molar-refractivity contribution in [2.24, 2.45) is 0 Å². The number of aromatic nitrogens is 1. The Bertz CT molecular complexity index is 1110. The lowest BCUT2D eigenvalue weighted by Crippen LogP contribution is -3.00. The van der Waals surface area contributed by atoms with Crippen molar-refractivity contribution in [2.45, 2.75) is 50.9 Å². The van der Waals surface area contributed by atoms with Gasteiger partial charge in [-0.05, 0) is 38.3 Å². The van der Waals surface area contributed by atoms with Crippen molar-refractivity contribution in [1.29, 1.82) is 0 Å². The highest BCUT2D eigenvalue weighted by molar-refractivity contribution is 6.31. The van der Waals surface area contributed by atoms with Crippen LogP contribution >= 0.6 is 11.6 Å². The van der Waals surface area contributed by atoms with Crippen molar-refractivity contribution in [1.82, 2.24) is 10.2 Å². The molecule has 1 heterocycles. The van der Waals surface area contributed by atoms with E-state index in [-0.39, 0.29) is 30.5 Å². The molecule has 0 saturated heterocycles. The van der Waals surface area contributed by atoms with E-state index in [9.17, 15) is 19.2 Å². The van der Waals surface area contributed by atoms with Gasteiger partial charge in [0.1, 0.15) is 17.1 Å². The Balaban J connectivity index is 0.00000432. The minimum atomic E-state index is -1.22. The number of hydrogen-bond donors (Lipinski definition) is 2. The minimum absolute atomic E-state index is 0. The number of carbonyl (C=O) groups is 4. The standard InChI is InChI=1S/C24H26ClN3O6.ClH/c1-16(22(31)32)26-21(30)17-8-7-13-28(14-17)15-34-23(33)27(2)24(12-6-5-11-20(24)29)18-9-3-4-10-19(18)25;/h3-4,7-10,13-14,16H,5-6,11-12,15H2,1-2H3,(H-,26,30,31,32);1H/t16-,24?;/m0./s1. The molecule has 2 amide bonds. The second-order valence-corrected chi connectivity index (χ2v) is 8.62. The van der Waals surface area contributed by atoms with Crippen LogP contribution in [0.4, 0.5) is 4.79 Å². The minimum Gasteiger partial charge on any atom is -1.00 e. The molecule has 2 N–H and O–H groups in total. The Kier molecular flexibility index (Phi) is 9.62. The molecule has 1 aromatic heterocycles. The van der Waals surface area contributed by atoms with Crippen molar-refractivity contribution in [3.63, 3.8) is 0 Å². The van der Waals surface area contributed by atoms with Crippen molar-refractivity contribution in [2.75, 3.05) is 7.05 Å². The zero-order valence-electron chi connectivity index (χ0n) is 19.4. The van der Waals surface area contributed by atoms with E-state index in [2.05, 4.69) is 5.32 Å². The topological polar surface area (TPSA) is 117 Å². The van der Waals surface area contributed by atoms with Gasteiger partial charge in [-0.25, -0.2) is 4.79 Å². The first-order chi connectivity index (χ1) is 16.2. The van der Waals surface area contributed by atoms with Gasteiger partial charge in [-0.1, -0.05) is 29.8 Å². The zero-order chi connectivity index (χ0) is 24.9. The van der Waals surface area contributed by atoms with E-state index in [0.717, 1.165) is 12.8 Å². The number of carbonyl (C=O) groups excluding carboxylic acids is 3. The summed E-state index contributed by atoms with van der Waals surface area (Å²) in [5.41, 5.74) is -0.442. The number of likely N-dealkylation sites (N-methyl/N-ethyl adjacent to an activating group) is 1. The third kappa shape index (κ3) is 6.10. The molecule has 0 aliphatic heterocycles. The van der Waals surface area contributed by atoms with Gasteiger partial charge in [0.25, 0.3) is 12.6 Å². The molecular formula is C24H27Cl2N3O6. The quantitative estimate of drug-likeness (QED) is 0.489. The maximum atomic E-state index is 13.1. The number of benzene rings is 1. The highest BCUT2D eigenvalue weighted by Crippen LogP contribution is 2.42.